The molecule has 28 heavy (non-hydrogen) atoms. The monoisotopic (exact) mass is 382 g/mol. The van der Waals surface area contributed by atoms with E-state index in [2.05, 4.69) is 17.6 Å². The van der Waals surface area contributed by atoms with E-state index in [0.717, 1.165) is 30.0 Å². The van der Waals surface area contributed by atoms with E-state index in [1.807, 2.05) is 30.3 Å². The minimum Gasteiger partial charge on any atom is -0.454 e. The van der Waals surface area contributed by atoms with Gasteiger partial charge in [-0.2, -0.15) is 0 Å². The van der Waals surface area contributed by atoms with Gasteiger partial charge in [-0.1, -0.05) is 50.1 Å². The Morgan fingerprint density at radius 2 is 1.79 bits per heavy atom. The summed E-state index contributed by atoms with van der Waals surface area (Å²) < 4.78 is 4.97. The molecule has 6 heteroatoms. The van der Waals surface area contributed by atoms with Crippen LogP contribution in [-0.4, -0.2) is 37.0 Å². The maximum Gasteiger partial charge on any atom is 0.325 e. The number of carbonyl (C=O) groups is 3. The van der Waals surface area contributed by atoms with Crippen LogP contribution in [-0.2, 0) is 14.3 Å². The molecule has 1 fully saturated rings. The molecule has 6 nitrogen and oxygen atoms in total. The Balaban J connectivity index is 1.41. The van der Waals surface area contributed by atoms with Gasteiger partial charge >= 0.3 is 5.97 Å². The molecule has 2 aromatic carbocycles. The van der Waals surface area contributed by atoms with Crippen LogP contribution in [0.1, 0.15) is 43.0 Å². The van der Waals surface area contributed by atoms with Crippen LogP contribution in [0.3, 0.4) is 0 Å². The number of hydrogen-bond acceptors (Lipinski definition) is 4. The summed E-state index contributed by atoms with van der Waals surface area (Å²) in [5, 5.41) is 7.45. The fourth-order valence-electron chi connectivity index (χ4n) is 3.56. The zero-order valence-electron chi connectivity index (χ0n) is 16.1. The van der Waals surface area contributed by atoms with Crippen molar-refractivity contribution in [2.45, 2.75) is 38.6 Å². The molecule has 1 saturated carbocycles. The van der Waals surface area contributed by atoms with Crippen molar-refractivity contribution < 1.29 is 19.1 Å². The second-order valence-electron chi connectivity index (χ2n) is 7.34. The summed E-state index contributed by atoms with van der Waals surface area (Å²) in [6.45, 7) is 1.52. The Kier molecular flexibility index (Phi) is 6.63. The maximum absolute atomic E-state index is 12.2. The highest BCUT2D eigenvalue weighted by molar-refractivity contribution is 5.99. The molecule has 0 unspecified atom stereocenters. The Bertz CT molecular complexity index is 864. The van der Waals surface area contributed by atoms with Crippen LogP contribution in [0.5, 0.6) is 0 Å². The first-order valence-electron chi connectivity index (χ1n) is 9.75. The number of fused-ring (bicyclic) bond motifs is 1. The molecule has 0 aliphatic heterocycles. The molecular weight excluding hydrogens is 356 g/mol. The van der Waals surface area contributed by atoms with Crippen LogP contribution >= 0.6 is 0 Å². The van der Waals surface area contributed by atoms with Crippen molar-refractivity contribution in [1.82, 2.24) is 10.6 Å². The third-order valence-corrected chi connectivity index (χ3v) is 5.23. The maximum atomic E-state index is 12.2. The molecule has 0 bridgehead atoms. The molecule has 0 aromatic heterocycles. The second-order valence-corrected chi connectivity index (χ2v) is 7.34. The zero-order valence-corrected chi connectivity index (χ0v) is 16.1. The van der Waals surface area contributed by atoms with Crippen molar-refractivity contribution in [3.63, 3.8) is 0 Å². The number of rotatable bonds is 6. The predicted octanol–water partition coefficient (Wildman–Crippen LogP) is 2.81. The topological polar surface area (TPSA) is 84.5 Å². The van der Waals surface area contributed by atoms with E-state index < -0.39 is 5.97 Å². The zero-order chi connectivity index (χ0) is 19.9. The number of carbonyl (C=O) groups excluding carboxylic acids is 3. The van der Waals surface area contributed by atoms with E-state index in [-0.39, 0.29) is 31.0 Å². The van der Waals surface area contributed by atoms with Gasteiger partial charge < -0.3 is 15.4 Å². The van der Waals surface area contributed by atoms with Crippen molar-refractivity contribution in [2.75, 3.05) is 13.2 Å². The van der Waals surface area contributed by atoms with Gasteiger partial charge in [-0.25, -0.2) is 0 Å². The molecule has 2 amide bonds. The molecule has 2 N–H and O–H groups in total. The van der Waals surface area contributed by atoms with Crippen molar-refractivity contribution in [1.29, 1.82) is 0 Å². The van der Waals surface area contributed by atoms with Gasteiger partial charge in [-0.3, -0.25) is 14.4 Å². The van der Waals surface area contributed by atoms with E-state index in [9.17, 15) is 14.4 Å². The molecule has 0 heterocycles. The third kappa shape index (κ3) is 5.31. The molecule has 2 aromatic rings. The summed E-state index contributed by atoms with van der Waals surface area (Å²) in [6.07, 6.45) is 4.36. The number of esters is 1. The standard InChI is InChI=1S/C22H26N2O4/c1-15-6-2-5-9-19(15)24-20(25)14-28-21(26)13-23-22(27)18-11-10-16-7-3-4-8-17(16)12-18/h3-4,7-8,10-12,15,19H,2,5-6,9,13-14H2,1H3,(H,23,27)(H,24,25)/t15-,19-/m1/s1. The molecule has 148 valence electrons. The summed E-state index contributed by atoms with van der Waals surface area (Å²) in [5.74, 6) is -0.855. The van der Waals surface area contributed by atoms with E-state index in [0.29, 0.717) is 11.5 Å². The number of ether oxygens (including phenoxy) is 1. The van der Waals surface area contributed by atoms with Gasteiger partial charge in [0, 0.05) is 11.6 Å². The smallest absolute Gasteiger partial charge is 0.325 e. The summed E-state index contributed by atoms with van der Waals surface area (Å²) >= 11 is 0. The van der Waals surface area contributed by atoms with E-state index in [4.69, 9.17) is 4.74 Å². The average Bonchev–Trinajstić information content (AvgIpc) is 2.71. The molecule has 3 rings (SSSR count). The molecule has 0 spiro atoms. The van der Waals surface area contributed by atoms with Gasteiger partial charge in [0.25, 0.3) is 11.8 Å². The lowest BCUT2D eigenvalue weighted by atomic mass is 9.86. The van der Waals surface area contributed by atoms with E-state index >= 15 is 0 Å². The highest BCUT2D eigenvalue weighted by Gasteiger charge is 2.23. The molecule has 0 saturated heterocycles. The fourth-order valence-corrected chi connectivity index (χ4v) is 3.56. The molecule has 1 aliphatic carbocycles. The second kappa shape index (κ2) is 9.35. The van der Waals surface area contributed by atoms with Crippen LogP contribution < -0.4 is 10.6 Å². The fraction of sp³-hybridized carbons (Fsp3) is 0.409. The van der Waals surface area contributed by atoms with E-state index in [1.165, 1.54) is 6.42 Å². The van der Waals surface area contributed by atoms with Crippen molar-refractivity contribution >= 4 is 28.6 Å². The Hall–Kier alpha value is -2.89. The van der Waals surface area contributed by atoms with Crippen LogP contribution in [0.2, 0.25) is 0 Å². The van der Waals surface area contributed by atoms with Gasteiger partial charge in [-0.05, 0) is 41.7 Å². The highest BCUT2D eigenvalue weighted by Crippen LogP contribution is 2.23. The first kappa shape index (κ1) is 19.9. The third-order valence-electron chi connectivity index (χ3n) is 5.23. The predicted molar refractivity (Wildman–Crippen MR) is 107 cm³/mol. The Morgan fingerprint density at radius 3 is 2.57 bits per heavy atom. The lowest BCUT2D eigenvalue weighted by Gasteiger charge is -2.29. The Morgan fingerprint density at radius 1 is 1.04 bits per heavy atom. The van der Waals surface area contributed by atoms with Crippen molar-refractivity contribution in [2.24, 2.45) is 5.92 Å². The lowest BCUT2D eigenvalue weighted by molar-refractivity contribution is -0.147. The van der Waals surface area contributed by atoms with Crippen LogP contribution in [0.25, 0.3) is 10.8 Å². The van der Waals surface area contributed by atoms with Crippen LogP contribution in [0.4, 0.5) is 0 Å². The normalized spacial score (nSPS) is 19.0. The number of hydrogen-bond donors (Lipinski definition) is 2. The average molecular weight is 382 g/mol. The first-order chi connectivity index (χ1) is 13.5. The highest BCUT2D eigenvalue weighted by atomic mass is 16.5. The molecule has 1 aliphatic rings. The van der Waals surface area contributed by atoms with Gasteiger partial charge in [-0.15, -0.1) is 0 Å². The van der Waals surface area contributed by atoms with Crippen molar-refractivity contribution in [3.05, 3.63) is 48.0 Å². The quantitative estimate of drug-likeness (QED) is 0.753. The van der Waals surface area contributed by atoms with Crippen molar-refractivity contribution in [3.8, 4) is 0 Å². The Labute approximate surface area is 164 Å². The van der Waals surface area contributed by atoms with Gasteiger partial charge in [0.2, 0.25) is 0 Å². The minimum absolute atomic E-state index is 0.146. The summed E-state index contributed by atoms with van der Waals surface area (Å²) in [7, 11) is 0. The van der Waals surface area contributed by atoms with Gasteiger partial charge in [0.1, 0.15) is 6.54 Å². The first-order valence-corrected chi connectivity index (χ1v) is 9.75. The summed E-state index contributed by atoms with van der Waals surface area (Å²) in [6, 6.07) is 13.2. The van der Waals surface area contributed by atoms with Crippen LogP contribution in [0.15, 0.2) is 42.5 Å². The molecule has 2 atom stereocenters. The van der Waals surface area contributed by atoms with Gasteiger partial charge in [0.05, 0.1) is 0 Å². The van der Waals surface area contributed by atoms with E-state index in [1.54, 1.807) is 12.1 Å². The number of nitrogens with one attached hydrogen (secondary N) is 2. The minimum atomic E-state index is -0.638. The number of amides is 2. The summed E-state index contributed by atoms with van der Waals surface area (Å²) in [5.41, 5.74) is 0.468. The largest absolute Gasteiger partial charge is 0.454 e. The van der Waals surface area contributed by atoms with Crippen LogP contribution in [0, 0.1) is 5.92 Å². The molecular formula is C22H26N2O4. The number of benzene rings is 2. The van der Waals surface area contributed by atoms with Gasteiger partial charge in [0.15, 0.2) is 6.61 Å². The lowest BCUT2D eigenvalue weighted by Crippen LogP contribution is -2.43. The SMILES string of the molecule is C[C@@H]1CCCC[C@H]1NC(=O)COC(=O)CNC(=O)c1ccc2ccccc2c1. The summed E-state index contributed by atoms with van der Waals surface area (Å²) in [4.78, 5) is 36.0. The molecule has 0 radical (unpaired) electrons.